The smallest absolute Gasteiger partial charge is 0.115 e. The number of aromatic hydroxyl groups is 1. The largest absolute Gasteiger partial charge is 0.508 e. The number of rotatable bonds is 4. The van der Waals surface area contributed by atoms with Gasteiger partial charge in [0.1, 0.15) is 11.9 Å². The van der Waals surface area contributed by atoms with Gasteiger partial charge in [0.25, 0.3) is 0 Å². The number of phenols is 1. The van der Waals surface area contributed by atoms with Gasteiger partial charge < -0.3 is 9.84 Å². The van der Waals surface area contributed by atoms with E-state index in [2.05, 4.69) is 53.8 Å². The molecular weight excluding hydrogens is 334 g/mol. The number of nitrogens with one attached hydrogen (secondary N) is 1. The number of fused-ring (bicyclic) bond motifs is 1. The summed E-state index contributed by atoms with van der Waals surface area (Å²) < 4.78 is 6.25. The summed E-state index contributed by atoms with van der Waals surface area (Å²) in [5.74, 6) is 0.317. The van der Waals surface area contributed by atoms with E-state index in [1.165, 1.54) is 22.3 Å². The third kappa shape index (κ3) is 4.38. The van der Waals surface area contributed by atoms with E-state index in [1.807, 2.05) is 18.2 Å². The number of aryl methyl sites for hydroxylation is 1. The van der Waals surface area contributed by atoms with Gasteiger partial charge in [-0.3, -0.25) is 5.32 Å². The Morgan fingerprint density at radius 2 is 1.63 bits per heavy atom. The molecule has 3 heteroatoms. The monoisotopic (exact) mass is 359 g/mol. The third-order valence-corrected chi connectivity index (χ3v) is 5.25. The zero-order valence-electron chi connectivity index (χ0n) is 15.3. The number of hydrogen-bond donors (Lipinski definition) is 2. The molecule has 1 aliphatic heterocycles. The summed E-state index contributed by atoms with van der Waals surface area (Å²) in [5, 5.41) is 13.0. The van der Waals surface area contributed by atoms with Crippen LogP contribution >= 0.6 is 0 Å². The van der Waals surface area contributed by atoms with Crippen molar-refractivity contribution in [3.05, 3.63) is 101 Å². The molecule has 0 spiro atoms. The van der Waals surface area contributed by atoms with Crippen LogP contribution in [0.2, 0.25) is 0 Å². The maximum absolute atomic E-state index is 9.44. The Labute approximate surface area is 160 Å². The van der Waals surface area contributed by atoms with Crippen LogP contribution in [0.1, 0.15) is 34.8 Å². The van der Waals surface area contributed by atoms with E-state index in [-0.39, 0.29) is 6.10 Å². The van der Waals surface area contributed by atoms with Crippen molar-refractivity contribution in [1.82, 2.24) is 5.32 Å². The average Bonchev–Trinajstić information content (AvgIpc) is 2.70. The molecule has 3 aromatic rings. The van der Waals surface area contributed by atoms with Gasteiger partial charge in [0.2, 0.25) is 0 Å². The first-order valence-corrected chi connectivity index (χ1v) is 9.55. The molecule has 0 saturated carbocycles. The Morgan fingerprint density at radius 3 is 2.44 bits per heavy atom. The molecule has 0 aromatic heterocycles. The second kappa shape index (κ2) is 8.38. The summed E-state index contributed by atoms with van der Waals surface area (Å²) in [5.41, 5.74) is 5.04. The van der Waals surface area contributed by atoms with Gasteiger partial charge in [-0.25, -0.2) is 0 Å². The second-order valence-electron chi connectivity index (χ2n) is 7.11. The fourth-order valence-corrected chi connectivity index (χ4v) is 3.76. The SMILES string of the molecule is Oc1ccc(CCC2Cc3ccccc3C(c3ccccc3)OCN2)cc1. The van der Waals surface area contributed by atoms with Gasteiger partial charge in [-0.15, -0.1) is 0 Å². The normalized spacial score (nSPS) is 19.7. The lowest BCUT2D eigenvalue weighted by Gasteiger charge is -2.29. The summed E-state index contributed by atoms with van der Waals surface area (Å²) >= 11 is 0. The average molecular weight is 359 g/mol. The molecule has 138 valence electrons. The van der Waals surface area contributed by atoms with Crippen molar-refractivity contribution in [2.45, 2.75) is 31.4 Å². The number of ether oxygens (including phenoxy) is 1. The van der Waals surface area contributed by atoms with Crippen molar-refractivity contribution in [1.29, 1.82) is 0 Å². The van der Waals surface area contributed by atoms with E-state index in [0.717, 1.165) is 19.3 Å². The van der Waals surface area contributed by atoms with Gasteiger partial charge in [0.15, 0.2) is 0 Å². The Kier molecular flexibility index (Phi) is 5.52. The van der Waals surface area contributed by atoms with Gasteiger partial charge in [-0.1, -0.05) is 66.7 Å². The van der Waals surface area contributed by atoms with Gasteiger partial charge in [-0.05, 0) is 53.6 Å². The minimum Gasteiger partial charge on any atom is -0.508 e. The molecule has 0 radical (unpaired) electrons. The van der Waals surface area contributed by atoms with Crippen molar-refractivity contribution >= 4 is 0 Å². The quantitative estimate of drug-likeness (QED) is 0.715. The summed E-state index contributed by atoms with van der Waals surface area (Å²) in [6.45, 7) is 0.536. The van der Waals surface area contributed by atoms with Crippen LogP contribution < -0.4 is 5.32 Å². The Hall–Kier alpha value is -2.62. The van der Waals surface area contributed by atoms with Crippen LogP contribution in [0.3, 0.4) is 0 Å². The summed E-state index contributed by atoms with van der Waals surface area (Å²) in [7, 11) is 0. The molecule has 2 N–H and O–H groups in total. The lowest BCUT2D eigenvalue weighted by atomic mass is 9.91. The Morgan fingerprint density at radius 1 is 0.889 bits per heavy atom. The molecule has 4 rings (SSSR count). The minimum absolute atomic E-state index is 0.0343. The standard InChI is InChI=1S/C24H25NO2/c26-22-14-11-18(12-15-22)10-13-21-16-20-8-4-5-9-23(20)24(27-17-25-21)19-6-2-1-3-7-19/h1-9,11-12,14-15,21,24-26H,10,13,16-17H2. The molecule has 0 amide bonds. The molecule has 27 heavy (non-hydrogen) atoms. The van der Waals surface area contributed by atoms with E-state index in [9.17, 15) is 5.11 Å². The Bertz CT molecular complexity index is 861. The lowest BCUT2D eigenvalue weighted by Crippen LogP contribution is -2.36. The van der Waals surface area contributed by atoms with Gasteiger partial charge in [0, 0.05) is 6.04 Å². The fourth-order valence-electron chi connectivity index (χ4n) is 3.76. The summed E-state index contributed by atoms with van der Waals surface area (Å²) in [6, 6.07) is 26.9. The highest BCUT2D eigenvalue weighted by atomic mass is 16.5. The van der Waals surface area contributed by atoms with Crippen LogP contribution in [0.25, 0.3) is 0 Å². The van der Waals surface area contributed by atoms with Gasteiger partial charge >= 0.3 is 0 Å². The third-order valence-electron chi connectivity index (χ3n) is 5.25. The predicted molar refractivity (Wildman–Crippen MR) is 108 cm³/mol. The van der Waals surface area contributed by atoms with Crippen LogP contribution in [-0.4, -0.2) is 17.9 Å². The molecule has 0 saturated heterocycles. The lowest BCUT2D eigenvalue weighted by molar-refractivity contribution is 0.0532. The number of hydrogen-bond acceptors (Lipinski definition) is 3. The van der Waals surface area contributed by atoms with E-state index in [1.54, 1.807) is 12.1 Å². The summed E-state index contributed by atoms with van der Waals surface area (Å²) in [4.78, 5) is 0. The van der Waals surface area contributed by atoms with Crippen LogP contribution in [0.5, 0.6) is 5.75 Å². The fraction of sp³-hybridized carbons (Fsp3) is 0.250. The van der Waals surface area contributed by atoms with Crippen LogP contribution in [0, 0.1) is 0 Å². The van der Waals surface area contributed by atoms with E-state index in [4.69, 9.17) is 4.74 Å². The molecular formula is C24H25NO2. The highest BCUT2D eigenvalue weighted by Crippen LogP contribution is 2.30. The van der Waals surface area contributed by atoms with E-state index < -0.39 is 0 Å². The van der Waals surface area contributed by atoms with Crippen LogP contribution in [0.15, 0.2) is 78.9 Å². The topological polar surface area (TPSA) is 41.5 Å². The van der Waals surface area contributed by atoms with Gasteiger partial charge in [0.05, 0.1) is 6.73 Å². The number of benzene rings is 3. The van der Waals surface area contributed by atoms with E-state index >= 15 is 0 Å². The zero-order chi connectivity index (χ0) is 18.5. The van der Waals surface area contributed by atoms with Crippen molar-refractivity contribution in [2.24, 2.45) is 0 Å². The molecule has 0 aliphatic carbocycles. The zero-order valence-corrected chi connectivity index (χ0v) is 15.3. The first-order chi connectivity index (χ1) is 13.3. The first kappa shape index (κ1) is 17.8. The maximum atomic E-state index is 9.44. The molecule has 3 nitrogen and oxygen atoms in total. The maximum Gasteiger partial charge on any atom is 0.115 e. The van der Waals surface area contributed by atoms with Gasteiger partial charge in [-0.2, -0.15) is 0 Å². The highest BCUT2D eigenvalue weighted by Gasteiger charge is 2.23. The second-order valence-corrected chi connectivity index (χ2v) is 7.11. The Balaban J connectivity index is 1.51. The molecule has 2 unspecified atom stereocenters. The molecule has 0 bridgehead atoms. The molecule has 3 aromatic carbocycles. The van der Waals surface area contributed by atoms with Crippen molar-refractivity contribution in [3.63, 3.8) is 0 Å². The molecule has 1 heterocycles. The number of phenolic OH excluding ortho intramolecular Hbond substituents is 1. The highest BCUT2D eigenvalue weighted by molar-refractivity contribution is 5.37. The van der Waals surface area contributed by atoms with E-state index in [0.29, 0.717) is 18.5 Å². The van der Waals surface area contributed by atoms with Crippen LogP contribution in [0.4, 0.5) is 0 Å². The van der Waals surface area contributed by atoms with Crippen molar-refractivity contribution < 1.29 is 9.84 Å². The van der Waals surface area contributed by atoms with Crippen LogP contribution in [-0.2, 0) is 17.6 Å². The molecule has 0 fully saturated rings. The first-order valence-electron chi connectivity index (χ1n) is 9.55. The molecule has 2 atom stereocenters. The van der Waals surface area contributed by atoms with Crippen molar-refractivity contribution in [2.75, 3.05) is 6.73 Å². The minimum atomic E-state index is -0.0343. The van der Waals surface area contributed by atoms with Crippen molar-refractivity contribution in [3.8, 4) is 5.75 Å². The summed E-state index contributed by atoms with van der Waals surface area (Å²) in [6.07, 6.45) is 2.95. The molecule has 1 aliphatic rings. The predicted octanol–water partition coefficient (Wildman–Crippen LogP) is 4.60.